The smallest absolute Gasteiger partial charge is 0.330 e. The standard InChI is InChI=1S/C13H15N3O2/c1-10-2-5-12(18-10)8-16(11-3-4-11)13(17)15-7-6-14-9-15/h2,5-7,9,11H,3-4,8H2,1H3. The lowest BCUT2D eigenvalue weighted by molar-refractivity contribution is 0.188. The van der Waals surface area contributed by atoms with Gasteiger partial charge in [-0.2, -0.15) is 0 Å². The average molecular weight is 245 g/mol. The minimum atomic E-state index is -0.0379. The van der Waals surface area contributed by atoms with Crippen LogP contribution in [0.25, 0.3) is 0 Å². The van der Waals surface area contributed by atoms with E-state index in [1.54, 1.807) is 12.4 Å². The number of nitrogens with zero attached hydrogens (tertiary/aromatic N) is 3. The van der Waals surface area contributed by atoms with Crippen LogP contribution in [0.3, 0.4) is 0 Å². The summed E-state index contributed by atoms with van der Waals surface area (Å²) < 4.78 is 7.05. The first-order valence-electron chi connectivity index (χ1n) is 6.08. The van der Waals surface area contributed by atoms with Crippen molar-refractivity contribution in [1.82, 2.24) is 14.5 Å². The fraction of sp³-hybridized carbons (Fsp3) is 0.385. The van der Waals surface area contributed by atoms with Gasteiger partial charge in [0.25, 0.3) is 0 Å². The summed E-state index contributed by atoms with van der Waals surface area (Å²) in [6.07, 6.45) is 6.95. The Hall–Kier alpha value is -2.04. The molecule has 1 aliphatic carbocycles. The van der Waals surface area contributed by atoms with Crippen LogP contribution in [0.5, 0.6) is 0 Å². The molecule has 2 aromatic rings. The lowest BCUT2D eigenvalue weighted by atomic mass is 10.4. The average Bonchev–Trinajstić information content (AvgIpc) is 2.89. The molecule has 18 heavy (non-hydrogen) atoms. The Morgan fingerprint density at radius 1 is 1.56 bits per heavy atom. The topological polar surface area (TPSA) is 51.3 Å². The molecule has 0 bridgehead atoms. The molecule has 5 heteroatoms. The van der Waals surface area contributed by atoms with E-state index in [2.05, 4.69) is 4.98 Å². The van der Waals surface area contributed by atoms with E-state index in [9.17, 15) is 4.79 Å². The van der Waals surface area contributed by atoms with Crippen molar-refractivity contribution < 1.29 is 9.21 Å². The number of aromatic nitrogens is 2. The van der Waals surface area contributed by atoms with Crippen molar-refractivity contribution in [3.05, 3.63) is 42.4 Å². The molecule has 3 rings (SSSR count). The molecule has 0 atom stereocenters. The molecule has 1 aliphatic rings. The number of imidazole rings is 1. The van der Waals surface area contributed by atoms with Gasteiger partial charge in [-0.1, -0.05) is 0 Å². The Morgan fingerprint density at radius 3 is 2.94 bits per heavy atom. The van der Waals surface area contributed by atoms with Gasteiger partial charge in [-0.3, -0.25) is 4.57 Å². The van der Waals surface area contributed by atoms with Crippen LogP contribution in [0, 0.1) is 6.92 Å². The van der Waals surface area contributed by atoms with E-state index in [4.69, 9.17) is 4.42 Å². The molecule has 0 saturated heterocycles. The molecule has 0 spiro atoms. The van der Waals surface area contributed by atoms with Crippen LogP contribution < -0.4 is 0 Å². The van der Waals surface area contributed by atoms with Crippen molar-refractivity contribution in [2.75, 3.05) is 0 Å². The predicted molar refractivity (Wildman–Crippen MR) is 65.0 cm³/mol. The number of carbonyl (C=O) groups excluding carboxylic acids is 1. The second-order valence-corrected chi connectivity index (χ2v) is 4.62. The summed E-state index contributed by atoms with van der Waals surface area (Å²) in [6, 6.07) is 4.14. The third-order valence-corrected chi connectivity index (χ3v) is 3.08. The summed E-state index contributed by atoms with van der Waals surface area (Å²) in [5.74, 6) is 1.70. The Kier molecular flexibility index (Phi) is 2.66. The molecule has 5 nitrogen and oxygen atoms in total. The van der Waals surface area contributed by atoms with E-state index < -0.39 is 0 Å². The summed E-state index contributed by atoms with van der Waals surface area (Å²) in [7, 11) is 0. The lowest BCUT2D eigenvalue weighted by Crippen LogP contribution is -2.35. The minimum absolute atomic E-state index is 0.0379. The van der Waals surface area contributed by atoms with Crippen molar-refractivity contribution in [3.8, 4) is 0 Å². The number of carbonyl (C=O) groups is 1. The summed E-state index contributed by atoms with van der Waals surface area (Å²) in [6.45, 7) is 2.43. The monoisotopic (exact) mass is 245 g/mol. The molecule has 2 heterocycles. The normalized spacial score (nSPS) is 14.7. The summed E-state index contributed by atoms with van der Waals surface area (Å²) in [5.41, 5.74) is 0. The summed E-state index contributed by atoms with van der Waals surface area (Å²) in [5, 5.41) is 0. The number of hydrogen-bond acceptors (Lipinski definition) is 3. The third kappa shape index (κ3) is 2.16. The third-order valence-electron chi connectivity index (χ3n) is 3.08. The lowest BCUT2D eigenvalue weighted by Gasteiger charge is -2.21. The zero-order chi connectivity index (χ0) is 12.5. The van der Waals surface area contributed by atoms with Crippen LogP contribution in [0.2, 0.25) is 0 Å². The first-order chi connectivity index (χ1) is 8.74. The molecule has 1 fully saturated rings. The predicted octanol–water partition coefficient (Wildman–Crippen LogP) is 2.42. The van der Waals surface area contributed by atoms with Crippen molar-refractivity contribution in [3.63, 3.8) is 0 Å². The Bertz CT molecular complexity index is 540. The van der Waals surface area contributed by atoms with E-state index in [0.29, 0.717) is 12.6 Å². The second-order valence-electron chi connectivity index (χ2n) is 4.62. The van der Waals surface area contributed by atoms with E-state index in [1.165, 1.54) is 10.9 Å². The zero-order valence-electron chi connectivity index (χ0n) is 10.2. The van der Waals surface area contributed by atoms with E-state index in [-0.39, 0.29) is 6.03 Å². The van der Waals surface area contributed by atoms with Gasteiger partial charge in [-0.05, 0) is 31.9 Å². The Balaban J connectivity index is 1.78. The second kappa shape index (κ2) is 4.33. The Morgan fingerprint density at radius 2 is 2.39 bits per heavy atom. The molecular formula is C13H15N3O2. The number of rotatable bonds is 3. The number of aryl methyl sites for hydroxylation is 1. The van der Waals surface area contributed by atoms with Crippen molar-refractivity contribution in [1.29, 1.82) is 0 Å². The molecule has 0 radical (unpaired) electrons. The largest absolute Gasteiger partial charge is 0.464 e. The molecule has 2 aromatic heterocycles. The van der Waals surface area contributed by atoms with Crippen LogP contribution in [-0.2, 0) is 6.54 Å². The first-order valence-corrected chi connectivity index (χ1v) is 6.08. The van der Waals surface area contributed by atoms with Crippen molar-refractivity contribution >= 4 is 6.03 Å². The maximum absolute atomic E-state index is 12.3. The molecule has 94 valence electrons. The Labute approximate surface area is 105 Å². The van der Waals surface area contributed by atoms with Gasteiger partial charge >= 0.3 is 6.03 Å². The van der Waals surface area contributed by atoms with Gasteiger partial charge in [0.2, 0.25) is 0 Å². The van der Waals surface area contributed by atoms with Crippen molar-refractivity contribution in [2.45, 2.75) is 32.4 Å². The van der Waals surface area contributed by atoms with Crippen LogP contribution in [0.15, 0.2) is 35.3 Å². The highest BCUT2D eigenvalue weighted by Crippen LogP contribution is 2.29. The van der Waals surface area contributed by atoms with E-state index >= 15 is 0 Å². The van der Waals surface area contributed by atoms with Gasteiger partial charge in [-0.25, -0.2) is 9.78 Å². The van der Waals surface area contributed by atoms with E-state index in [1.807, 2.05) is 24.0 Å². The molecule has 0 unspecified atom stereocenters. The van der Waals surface area contributed by atoms with Crippen molar-refractivity contribution in [2.24, 2.45) is 0 Å². The minimum Gasteiger partial charge on any atom is -0.464 e. The number of amides is 1. The SMILES string of the molecule is Cc1ccc(CN(C(=O)n2ccnc2)C2CC2)o1. The fourth-order valence-electron chi connectivity index (χ4n) is 2.00. The molecule has 0 N–H and O–H groups in total. The summed E-state index contributed by atoms with van der Waals surface area (Å²) in [4.78, 5) is 18.1. The molecule has 1 saturated carbocycles. The van der Waals surface area contributed by atoms with Gasteiger partial charge in [0.1, 0.15) is 17.8 Å². The molecular weight excluding hydrogens is 230 g/mol. The zero-order valence-corrected chi connectivity index (χ0v) is 10.2. The number of furan rings is 1. The van der Waals surface area contributed by atoms with Gasteiger partial charge in [-0.15, -0.1) is 0 Å². The van der Waals surface area contributed by atoms with E-state index in [0.717, 1.165) is 24.4 Å². The van der Waals surface area contributed by atoms with Gasteiger partial charge in [0.15, 0.2) is 0 Å². The highest BCUT2D eigenvalue weighted by molar-refractivity contribution is 5.77. The van der Waals surface area contributed by atoms with Crippen LogP contribution in [-0.4, -0.2) is 26.5 Å². The van der Waals surface area contributed by atoms with Crippen LogP contribution in [0.4, 0.5) is 4.79 Å². The fourth-order valence-corrected chi connectivity index (χ4v) is 2.00. The highest BCUT2D eigenvalue weighted by Gasteiger charge is 2.33. The first kappa shape index (κ1) is 11.1. The quantitative estimate of drug-likeness (QED) is 0.834. The highest BCUT2D eigenvalue weighted by atomic mass is 16.3. The number of hydrogen-bond donors (Lipinski definition) is 0. The maximum atomic E-state index is 12.3. The van der Waals surface area contributed by atoms with Crippen LogP contribution in [0.1, 0.15) is 24.4 Å². The molecule has 0 aromatic carbocycles. The van der Waals surface area contributed by atoms with Crippen LogP contribution >= 0.6 is 0 Å². The molecule has 1 amide bonds. The summed E-state index contributed by atoms with van der Waals surface area (Å²) >= 11 is 0. The van der Waals surface area contributed by atoms with Gasteiger partial charge in [0.05, 0.1) is 6.54 Å². The maximum Gasteiger partial charge on any atom is 0.330 e. The molecule has 0 aliphatic heterocycles. The van der Waals surface area contributed by atoms with Gasteiger partial charge in [0, 0.05) is 18.4 Å². The van der Waals surface area contributed by atoms with Gasteiger partial charge < -0.3 is 9.32 Å².